The Balaban J connectivity index is 2.21. The summed E-state index contributed by atoms with van der Waals surface area (Å²) in [6.07, 6.45) is 0. The number of nitrogens with zero attached hydrogens (tertiary/aromatic N) is 1. The molecule has 0 aliphatic heterocycles. The zero-order valence-electron chi connectivity index (χ0n) is 13.0. The lowest BCUT2D eigenvalue weighted by atomic mass is 10.1. The zero-order valence-corrected chi connectivity index (χ0v) is 13.0. The van der Waals surface area contributed by atoms with Crippen LogP contribution in [0, 0.1) is 10.1 Å². The summed E-state index contributed by atoms with van der Waals surface area (Å²) in [4.78, 5) is 12.1. The van der Waals surface area contributed by atoms with E-state index in [1.807, 2.05) is 13.0 Å². The molecule has 0 amide bonds. The number of nitro benzene ring substituents is 1. The average Bonchev–Trinajstić information content (AvgIpc) is 2.94. The van der Waals surface area contributed by atoms with Crippen molar-refractivity contribution in [1.82, 2.24) is 0 Å². The van der Waals surface area contributed by atoms with Crippen molar-refractivity contribution in [3.05, 3.63) is 64.4 Å². The average molecular weight is 301 g/mol. The van der Waals surface area contributed by atoms with E-state index in [-0.39, 0.29) is 10.6 Å². The summed E-state index contributed by atoms with van der Waals surface area (Å²) in [6, 6.07) is 10.3. The highest BCUT2D eigenvalue weighted by molar-refractivity contribution is 5.69. The van der Waals surface area contributed by atoms with E-state index in [1.54, 1.807) is 24.3 Å². The Morgan fingerprint density at radius 3 is 2.68 bits per heavy atom. The Bertz CT molecular complexity index is 676. The van der Waals surface area contributed by atoms with Crippen molar-refractivity contribution in [3.63, 3.8) is 0 Å². The second-order valence-corrected chi connectivity index (χ2v) is 5.45. The van der Waals surface area contributed by atoms with Crippen LogP contribution in [-0.2, 0) is 6.54 Å². The number of furan rings is 1. The second-order valence-electron chi connectivity index (χ2n) is 5.45. The van der Waals surface area contributed by atoms with Crippen molar-refractivity contribution < 1.29 is 14.2 Å². The number of nitro groups is 1. The molecule has 1 aromatic heterocycles. The largest absolute Gasteiger partial charge is 0.455 e. The van der Waals surface area contributed by atoms with Crippen LogP contribution in [0.2, 0.25) is 0 Å². The SMILES string of the molecule is C=C(C)C[NH+](CC)Cc1ccc(-c2ccccc2[N+](=O)[O-])o1. The van der Waals surface area contributed by atoms with E-state index < -0.39 is 0 Å². The number of quaternary nitrogens is 1. The van der Waals surface area contributed by atoms with Gasteiger partial charge in [0.1, 0.15) is 12.3 Å². The quantitative estimate of drug-likeness (QED) is 0.486. The van der Waals surface area contributed by atoms with Gasteiger partial charge in [-0.15, -0.1) is 0 Å². The molecule has 0 saturated carbocycles. The molecule has 0 bridgehead atoms. The molecule has 1 unspecified atom stereocenters. The van der Waals surface area contributed by atoms with Crippen LogP contribution in [0.5, 0.6) is 0 Å². The maximum atomic E-state index is 11.1. The second kappa shape index (κ2) is 7.04. The zero-order chi connectivity index (χ0) is 16.1. The Hall–Kier alpha value is -2.40. The number of likely N-dealkylation sites (N-methyl/N-ethyl adjacent to an activating group) is 1. The molecule has 0 aliphatic rings. The van der Waals surface area contributed by atoms with Gasteiger partial charge < -0.3 is 9.32 Å². The van der Waals surface area contributed by atoms with Gasteiger partial charge in [0.15, 0.2) is 5.76 Å². The third kappa shape index (κ3) is 3.83. The number of hydrogen-bond donors (Lipinski definition) is 1. The van der Waals surface area contributed by atoms with Crippen LogP contribution in [0.3, 0.4) is 0 Å². The van der Waals surface area contributed by atoms with E-state index in [1.165, 1.54) is 11.0 Å². The Morgan fingerprint density at radius 1 is 1.32 bits per heavy atom. The van der Waals surface area contributed by atoms with Crippen LogP contribution >= 0.6 is 0 Å². The lowest BCUT2D eigenvalue weighted by molar-refractivity contribution is -0.908. The van der Waals surface area contributed by atoms with Crippen molar-refractivity contribution in [3.8, 4) is 11.3 Å². The number of benzene rings is 1. The summed E-state index contributed by atoms with van der Waals surface area (Å²) in [5.74, 6) is 1.36. The van der Waals surface area contributed by atoms with Crippen molar-refractivity contribution in [2.24, 2.45) is 0 Å². The maximum absolute atomic E-state index is 11.1. The van der Waals surface area contributed by atoms with Crippen LogP contribution in [-0.4, -0.2) is 18.0 Å². The normalized spacial score (nSPS) is 12.1. The van der Waals surface area contributed by atoms with Crippen LogP contribution in [0.4, 0.5) is 5.69 Å². The topological polar surface area (TPSA) is 60.7 Å². The number of rotatable bonds is 7. The van der Waals surface area contributed by atoms with Gasteiger partial charge in [-0.2, -0.15) is 0 Å². The maximum Gasteiger partial charge on any atom is 0.280 e. The first kappa shape index (κ1) is 16.0. The molecule has 1 heterocycles. The fraction of sp³-hybridized carbons (Fsp3) is 0.294. The van der Waals surface area contributed by atoms with Gasteiger partial charge in [-0.1, -0.05) is 18.7 Å². The molecule has 0 fully saturated rings. The molecule has 1 atom stereocenters. The van der Waals surface area contributed by atoms with E-state index >= 15 is 0 Å². The minimum absolute atomic E-state index is 0.0602. The predicted octanol–water partition coefficient (Wildman–Crippen LogP) is 2.84. The summed E-state index contributed by atoms with van der Waals surface area (Å²) in [6.45, 7) is 10.7. The lowest BCUT2D eigenvalue weighted by Crippen LogP contribution is -3.10. The van der Waals surface area contributed by atoms with Crippen LogP contribution in [0.25, 0.3) is 11.3 Å². The summed E-state index contributed by atoms with van der Waals surface area (Å²) in [7, 11) is 0. The summed E-state index contributed by atoms with van der Waals surface area (Å²) in [5, 5.41) is 11.1. The van der Waals surface area contributed by atoms with Gasteiger partial charge in [0.25, 0.3) is 5.69 Å². The van der Waals surface area contributed by atoms with E-state index in [0.717, 1.165) is 31.0 Å². The molecule has 2 rings (SSSR count). The van der Waals surface area contributed by atoms with Crippen molar-refractivity contribution in [2.45, 2.75) is 20.4 Å². The van der Waals surface area contributed by atoms with Gasteiger partial charge in [0.2, 0.25) is 0 Å². The van der Waals surface area contributed by atoms with Gasteiger partial charge in [-0.25, -0.2) is 0 Å². The fourth-order valence-corrected chi connectivity index (χ4v) is 2.44. The predicted molar refractivity (Wildman–Crippen MR) is 85.7 cm³/mol. The molecule has 5 nitrogen and oxygen atoms in total. The Kier molecular flexibility index (Phi) is 5.12. The van der Waals surface area contributed by atoms with E-state index in [2.05, 4.69) is 13.5 Å². The van der Waals surface area contributed by atoms with Crippen molar-refractivity contribution >= 4 is 5.69 Å². The minimum atomic E-state index is -0.387. The van der Waals surface area contributed by atoms with Crippen molar-refractivity contribution in [1.29, 1.82) is 0 Å². The smallest absolute Gasteiger partial charge is 0.280 e. The van der Waals surface area contributed by atoms with Crippen LogP contribution < -0.4 is 4.90 Å². The van der Waals surface area contributed by atoms with Gasteiger partial charge in [0, 0.05) is 6.07 Å². The van der Waals surface area contributed by atoms with Gasteiger partial charge in [-0.3, -0.25) is 10.1 Å². The first-order chi connectivity index (χ1) is 10.5. The molecule has 1 aromatic carbocycles. The number of para-hydroxylation sites is 1. The first-order valence-electron chi connectivity index (χ1n) is 7.31. The van der Waals surface area contributed by atoms with E-state index in [0.29, 0.717) is 11.3 Å². The molecular formula is C17H21N2O3+. The molecule has 1 N–H and O–H groups in total. The highest BCUT2D eigenvalue weighted by Crippen LogP contribution is 2.30. The fourth-order valence-electron chi connectivity index (χ4n) is 2.44. The summed E-state index contributed by atoms with van der Waals surface area (Å²) < 4.78 is 5.82. The highest BCUT2D eigenvalue weighted by atomic mass is 16.6. The molecule has 0 aliphatic carbocycles. The van der Waals surface area contributed by atoms with Crippen molar-refractivity contribution in [2.75, 3.05) is 13.1 Å². The molecule has 22 heavy (non-hydrogen) atoms. The Morgan fingerprint density at radius 2 is 2.05 bits per heavy atom. The molecule has 5 heteroatoms. The summed E-state index contributed by atoms with van der Waals surface area (Å²) >= 11 is 0. The minimum Gasteiger partial charge on any atom is -0.455 e. The van der Waals surface area contributed by atoms with E-state index in [4.69, 9.17) is 4.42 Å². The number of hydrogen-bond acceptors (Lipinski definition) is 3. The van der Waals surface area contributed by atoms with E-state index in [9.17, 15) is 10.1 Å². The first-order valence-corrected chi connectivity index (χ1v) is 7.31. The molecule has 0 saturated heterocycles. The van der Waals surface area contributed by atoms with Gasteiger partial charge >= 0.3 is 0 Å². The van der Waals surface area contributed by atoms with Crippen LogP contribution in [0.1, 0.15) is 19.6 Å². The third-order valence-corrected chi connectivity index (χ3v) is 3.50. The molecule has 116 valence electrons. The monoisotopic (exact) mass is 301 g/mol. The molecule has 0 spiro atoms. The standard InChI is InChI=1S/C17H20N2O3/c1-4-18(11-13(2)3)12-14-9-10-17(22-14)15-7-5-6-8-16(15)19(20)21/h5-10H,2,4,11-12H2,1,3H3/p+1. The van der Waals surface area contributed by atoms with Gasteiger partial charge in [-0.05, 0) is 37.6 Å². The third-order valence-electron chi connectivity index (χ3n) is 3.50. The Labute approximate surface area is 130 Å². The lowest BCUT2D eigenvalue weighted by Gasteiger charge is -2.16. The highest BCUT2D eigenvalue weighted by Gasteiger charge is 2.18. The molecule has 0 radical (unpaired) electrons. The molecular weight excluding hydrogens is 280 g/mol. The molecule has 2 aromatic rings. The van der Waals surface area contributed by atoms with Gasteiger partial charge in [0.05, 0.1) is 23.6 Å². The number of nitrogens with one attached hydrogen (secondary N) is 1. The van der Waals surface area contributed by atoms with Crippen LogP contribution in [0.15, 0.2) is 53.0 Å². The summed E-state index contributed by atoms with van der Waals surface area (Å²) in [5.41, 5.74) is 1.70.